The van der Waals surface area contributed by atoms with Crippen molar-refractivity contribution in [3.05, 3.63) is 94.0 Å². The zero-order valence-corrected chi connectivity index (χ0v) is 16.8. The summed E-state index contributed by atoms with van der Waals surface area (Å²) in [6, 6.07) is 22.8. The summed E-state index contributed by atoms with van der Waals surface area (Å²) in [5.74, 6) is -0.364. The molecule has 6 heteroatoms. The summed E-state index contributed by atoms with van der Waals surface area (Å²) in [4.78, 5) is 12.7. The van der Waals surface area contributed by atoms with Crippen molar-refractivity contribution in [1.29, 1.82) is 0 Å². The zero-order chi connectivity index (χ0) is 19.5. The van der Waals surface area contributed by atoms with Crippen molar-refractivity contribution < 1.29 is 9.53 Å². The fourth-order valence-electron chi connectivity index (χ4n) is 2.98. The van der Waals surface area contributed by atoms with Crippen LogP contribution in [0, 0.1) is 6.92 Å². The van der Waals surface area contributed by atoms with E-state index in [1.54, 1.807) is 16.8 Å². The van der Waals surface area contributed by atoms with E-state index in [1.807, 2.05) is 67.6 Å². The molecule has 0 saturated heterocycles. The third-order valence-corrected chi connectivity index (χ3v) is 5.07. The first-order valence-electron chi connectivity index (χ1n) is 8.91. The van der Waals surface area contributed by atoms with Crippen LogP contribution in [-0.2, 0) is 11.3 Å². The van der Waals surface area contributed by atoms with Crippen LogP contribution in [0.25, 0.3) is 11.0 Å². The second-order valence-corrected chi connectivity index (χ2v) is 7.49. The molecule has 4 aromatic rings. The number of benzene rings is 3. The van der Waals surface area contributed by atoms with Crippen molar-refractivity contribution in [2.24, 2.45) is 0 Å². The minimum Gasteiger partial charge on any atom is -0.452 e. The molecule has 140 valence electrons. The van der Waals surface area contributed by atoms with Gasteiger partial charge in [0.05, 0.1) is 17.6 Å². The van der Waals surface area contributed by atoms with Gasteiger partial charge in [-0.1, -0.05) is 63.1 Å². The Balaban J connectivity index is 1.64. The van der Waals surface area contributed by atoms with Gasteiger partial charge in [-0.15, -0.1) is 5.10 Å². The predicted molar refractivity (Wildman–Crippen MR) is 111 cm³/mol. The molecule has 1 atom stereocenters. The van der Waals surface area contributed by atoms with E-state index in [9.17, 15) is 4.79 Å². The Morgan fingerprint density at radius 2 is 1.75 bits per heavy atom. The van der Waals surface area contributed by atoms with Crippen molar-refractivity contribution in [3.8, 4) is 0 Å². The van der Waals surface area contributed by atoms with Gasteiger partial charge >= 0.3 is 5.97 Å². The highest BCUT2D eigenvalue weighted by molar-refractivity contribution is 9.10. The Morgan fingerprint density at radius 3 is 2.50 bits per heavy atom. The van der Waals surface area contributed by atoms with Crippen molar-refractivity contribution in [2.75, 3.05) is 0 Å². The maximum absolute atomic E-state index is 12.7. The molecule has 0 amide bonds. The summed E-state index contributed by atoms with van der Waals surface area (Å²) in [5.41, 5.74) is 4.22. The molecular formula is C22H18BrN3O2. The zero-order valence-electron chi connectivity index (χ0n) is 15.2. The van der Waals surface area contributed by atoms with Crippen LogP contribution < -0.4 is 0 Å². The Hall–Kier alpha value is -2.99. The fourth-order valence-corrected chi connectivity index (χ4v) is 3.25. The van der Waals surface area contributed by atoms with Crippen LogP contribution in [-0.4, -0.2) is 21.0 Å². The summed E-state index contributed by atoms with van der Waals surface area (Å²) in [6.07, 6.45) is -0.494. The van der Waals surface area contributed by atoms with E-state index in [-0.39, 0.29) is 5.97 Å². The molecule has 0 spiro atoms. The number of carbonyl (C=O) groups excluding carboxylic acids is 1. The number of rotatable bonds is 5. The Kier molecular flexibility index (Phi) is 5.21. The number of aryl methyl sites for hydroxylation is 1. The SMILES string of the molecule is Cc1ccc(C(=O)OC(Cn2nnc3ccccc32)c2ccc(Br)cc2)cc1. The molecule has 0 saturated carbocycles. The molecule has 0 N–H and O–H groups in total. The maximum atomic E-state index is 12.7. The third-order valence-electron chi connectivity index (χ3n) is 4.54. The number of hydrogen-bond acceptors (Lipinski definition) is 4. The molecule has 0 aliphatic heterocycles. The van der Waals surface area contributed by atoms with Crippen LogP contribution in [0.1, 0.15) is 27.6 Å². The van der Waals surface area contributed by atoms with E-state index in [0.29, 0.717) is 12.1 Å². The summed E-state index contributed by atoms with van der Waals surface area (Å²) >= 11 is 3.45. The number of carbonyl (C=O) groups is 1. The van der Waals surface area contributed by atoms with Gasteiger partial charge in [0.2, 0.25) is 0 Å². The lowest BCUT2D eigenvalue weighted by Crippen LogP contribution is -2.18. The van der Waals surface area contributed by atoms with Gasteiger partial charge in [0.25, 0.3) is 0 Å². The number of esters is 1. The van der Waals surface area contributed by atoms with Crippen molar-refractivity contribution >= 4 is 32.9 Å². The minimum atomic E-state index is -0.494. The molecule has 3 aromatic carbocycles. The van der Waals surface area contributed by atoms with Crippen LogP contribution in [0.15, 0.2) is 77.3 Å². The van der Waals surface area contributed by atoms with Gasteiger partial charge in [-0.25, -0.2) is 9.48 Å². The second kappa shape index (κ2) is 7.94. The maximum Gasteiger partial charge on any atom is 0.338 e. The van der Waals surface area contributed by atoms with E-state index in [2.05, 4.69) is 26.2 Å². The summed E-state index contributed by atoms with van der Waals surface area (Å²) in [6.45, 7) is 2.36. The number of aromatic nitrogens is 3. The largest absolute Gasteiger partial charge is 0.452 e. The van der Waals surface area contributed by atoms with E-state index >= 15 is 0 Å². The molecule has 5 nitrogen and oxygen atoms in total. The summed E-state index contributed by atoms with van der Waals surface area (Å²) in [7, 11) is 0. The first kappa shape index (κ1) is 18.4. The quantitative estimate of drug-likeness (QED) is 0.409. The number of fused-ring (bicyclic) bond motifs is 1. The van der Waals surface area contributed by atoms with Crippen molar-refractivity contribution in [1.82, 2.24) is 15.0 Å². The molecule has 0 radical (unpaired) electrons. The molecule has 0 aliphatic carbocycles. The van der Waals surface area contributed by atoms with Crippen LogP contribution >= 0.6 is 15.9 Å². The lowest BCUT2D eigenvalue weighted by Gasteiger charge is -2.19. The first-order chi connectivity index (χ1) is 13.6. The topological polar surface area (TPSA) is 57.0 Å². The molecule has 1 aromatic heterocycles. The van der Waals surface area contributed by atoms with Gasteiger partial charge in [-0.05, 0) is 48.9 Å². The van der Waals surface area contributed by atoms with E-state index in [0.717, 1.165) is 26.6 Å². The molecule has 1 heterocycles. The smallest absolute Gasteiger partial charge is 0.338 e. The molecule has 1 unspecified atom stereocenters. The molecular weight excluding hydrogens is 418 g/mol. The normalized spacial score (nSPS) is 12.1. The molecule has 0 fully saturated rings. The fraction of sp³-hybridized carbons (Fsp3) is 0.136. The monoisotopic (exact) mass is 435 g/mol. The van der Waals surface area contributed by atoms with Gasteiger partial charge in [-0.2, -0.15) is 0 Å². The first-order valence-corrected chi connectivity index (χ1v) is 9.71. The predicted octanol–water partition coefficient (Wildman–Crippen LogP) is 5.10. The average Bonchev–Trinajstić information content (AvgIpc) is 3.11. The lowest BCUT2D eigenvalue weighted by atomic mass is 10.1. The summed E-state index contributed by atoms with van der Waals surface area (Å²) < 4.78 is 8.61. The van der Waals surface area contributed by atoms with Gasteiger partial charge in [0, 0.05) is 4.47 Å². The Labute approximate surface area is 171 Å². The number of nitrogens with zero attached hydrogens (tertiary/aromatic N) is 3. The molecule has 0 aliphatic rings. The number of para-hydroxylation sites is 1. The second-order valence-electron chi connectivity index (χ2n) is 6.57. The van der Waals surface area contributed by atoms with Gasteiger partial charge in [0.15, 0.2) is 0 Å². The number of halogens is 1. The van der Waals surface area contributed by atoms with Crippen molar-refractivity contribution in [2.45, 2.75) is 19.6 Å². The number of ether oxygens (including phenoxy) is 1. The summed E-state index contributed by atoms with van der Waals surface area (Å²) in [5, 5.41) is 8.43. The van der Waals surface area contributed by atoms with E-state index in [4.69, 9.17) is 4.74 Å². The standard InChI is InChI=1S/C22H18BrN3O2/c1-15-6-8-17(9-7-15)22(27)28-21(16-10-12-18(23)13-11-16)14-26-20-5-3-2-4-19(20)24-25-26/h2-13,21H,14H2,1H3. The average molecular weight is 436 g/mol. The molecule has 4 rings (SSSR count). The van der Waals surface area contributed by atoms with Crippen LogP contribution in [0.2, 0.25) is 0 Å². The molecule has 0 bridgehead atoms. The van der Waals surface area contributed by atoms with E-state index in [1.165, 1.54) is 0 Å². The highest BCUT2D eigenvalue weighted by Crippen LogP contribution is 2.25. The van der Waals surface area contributed by atoms with Crippen LogP contribution in [0.5, 0.6) is 0 Å². The molecule has 28 heavy (non-hydrogen) atoms. The van der Waals surface area contributed by atoms with Gasteiger partial charge < -0.3 is 4.74 Å². The Morgan fingerprint density at radius 1 is 1.04 bits per heavy atom. The van der Waals surface area contributed by atoms with Crippen LogP contribution in [0.4, 0.5) is 0 Å². The van der Waals surface area contributed by atoms with Crippen molar-refractivity contribution in [3.63, 3.8) is 0 Å². The van der Waals surface area contributed by atoms with E-state index < -0.39 is 6.10 Å². The van der Waals surface area contributed by atoms with Crippen LogP contribution in [0.3, 0.4) is 0 Å². The van der Waals surface area contributed by atoms with Gasteiger partial charge in [-0.3, -0.25) is 0 Å². The third kappa shape index (κ3) is 3.97. The highest BCUT2D eigenvalue weighted by atomic mass is 79.9. The lowest BCUT2D eigenvalue weighted by molar-refractivity contribution is 0.0248. The number of hydrogen-bond donors (Lipinski definition) is 0. The Bertz CT molecular complexity index is 1100. The highest BCUT2D eigenvalue weighted by Gasteiger charge is 2.20. The van der Waals surface area contributed by atoms with Gasteiger partial charge in [0.1, 0.15) is 11.6 Å². The minimum absolute atomic E-state index is 0.364.